The van der Waals surface area contributed by atoms with Gasteiger partial charge in [-0.2, -0.15) is 5.26 Å². The van der Waals surface area contributed by atoms with Gasteiger partial charge in [-0.15, -0.1) is 0 Å². The van der Waals surface area contributed by atoms with Crippen LogP contribution < -0.4 is 0 Å². The summed E-state index contributed by atoms with van der Waals surface area (Å²) in [4.78, 5) is 0. The Labute approximate surface area is 96.1 Å². The number of aromatic nitrogens is 1. The van der Waals surface area contributed by atoms with Crippen molar-refractivity contribution in [3.8, 4) is 6.07 Å². The molecule has 0 aliphatic heterocycles. The van der Waals surface area contributed by atoms with Crippen LogP contribution in [-0.4, -0.2) is 4.57 Å². The highest BCUT2D eigenvalue weighted by Gasteiger charge is 2.10. The van der Waals surface area contributed by atoms with E-state index in [1.807, 2.05) is 18.2 Å². The van der Waals surface area contributed by atoms with Crippen LogP contribution in [0.25, 0.3) is 10.9 Å². The average Bonchev–Trinajstić information content (AvgIpc) is 2.66. The van der Waals surface area contributed by atoms with E-state index in [-0.39, 0.29) is 0 Å². The molecule has 0 unspecified atom stereocenters. The van der Waals surface area contributed by atoms with Gasteiger partial charge in [0.15, 0.2) is 0 Å². The fourth-order valence-electron chi connectivity index (χ4n) is 2.19. The summed E-state index contributed by atoms with van der Waals surface area (Å²) in [5.41, 5.74) is 3.30. The molecule has 0 radical (unpaired) electrons. The first-order valence-corrected chi connectivity index (χ1v) is 5.70. The molecule has 0 atom stereocenters. The van der Waals surface area contributed by atoms with Crippen molar-refractivity contribution in [2.45, 2.75) is 33.2 Å². The first kappa shape index (κ1) is 10.8. The Bertz CT molecular complexity index is 556. The van der Waals surface area contributed by atoms with E-state index in [4.69, 9.17) is 5.26 Å². The lowest BCUT2D eigenvalue weighted by Gasteiger charge is -2.10. The van der Waals surface area contributed by atoms with E-state index >= 15 is 0 Å². The van der Waals surface area contributed by atoms with Gasteiger partial charge in [-0.3, -0.25) is 0 Å². The highest BCUT2D eigenvalue weighted by atomic mass is 15.0. The quantitative estimate of drug-likeness (QED) is 0.746. The highest BCUT2D eigenvalue weighted by Crippen LogP contribution is 2.26. The highest BCUT2D eigenvalue weighted by molar-refractivity contribution is 5.83. The number of fused-ring (bicyclic) bond motifs is 1. The number of nitrogens with zero attached hydrogens (tertiary/aromatic N) is 2. The maximum absolute atomic E-state index is 8.88. The second-order valence-electron chi connectivity index (χ2n) is 4.35. The maximum atomic E-state index is 8.88. The number of hydrogen-bond donors (Lipinski definition) is 0. The average molecular weight is 212 g/mol. The molecule has 2 aromatic rings. The van der Waals surface area contributed by atoms with Crippen LogP contribution in [0.15, 0.2) is 24.3 Å². The Balaban J connectivity index is 2.72. The maximum Gasteiger partial charge on any atom is 0.0991 e. The molecule has 2 rings (SSSR count). The minimum absolute atomic E-state index is 0.512. The summed E-state index contributed by atoms with van der Waals surface area (Å²) in [6, 6.07) is 10.3. The Kier molecular flexibility index (Phi) is 2.70. The van der Waals surface area contributed by atoms with E-state index in [1.165, 1.54) is 16.6 Å². The topological polar surface area (TPSA) is 28.7 Å². The van der Waals surface area contributed by atoms with E-state index < -0.39 is 0 Å². The summed E-state index contributed by atoms with van der Waals surface area (Å²) in [5.74, 6) is 0.512. The molecule has 0 N–H and O–H groups in total. The molecule has 0 fully saturated rings. The summed E-state index contributed by atoms with van der Waals surface area (Å²) in [6.07, 6.45) is 0. The predicted molar refractivity (Wildman–Crippen MR) is 66.4 cm³/mol. The van der Waals surface area contributed by atoms with E-state index in [1.54, 1.807) is 0 Å². The minimum Gasteiger partial charge on any atom is -0.345 e. The third-order valence-corrected chi connectivity index (χ3v) is 2.97. The van der Waals surface area contributed by atoms with Gasteiger partial charge in [0.25, 0.3) is 0 Å². The molecule has 0 amide bonds. The van der Waals surface area contributed by atoms with Gasteiger partial charge >= 0.3 is 0 Å². The molecule has 0 saturated heterocycles. The van der Waals surface area contributed by atoms with Crippen LogP contribution >= 0.6 is 0 Å². The van der Waals surface area contributed by atoms with E-state index in [9.17, 15) is 0 Å². The molecule has 1 aromatic heterocycles. The molecule has 1 heterocycles. The van der Waals surface area contributed by atoms with Crippen molar-refractivity contribution in [3.63, 3.8) is 0 Å². The lowest BCUT2D eigenvalue weighted by molar-refractivity contribution is 0.691. The van der Waals surface area contributed by atoms with Crippen molar-refractivity contribution in [3.05, 3.63) is 35.5 Å². The molecular formula is C14H16N2. The fraction of sp³-hybridized carbons (Fsp3) is 0.357. The summed E-state index contributed by atoms with van der Waals surface area (Å²) < 4.78 is 2.32. The molecule has 0 bridgehead atoms. The van der Waals surface area contributed by atoms with Gasteiger partial charge in [0, 0.05) is 23.1 Å². The standard InChI is InChI=1S/C14H16N2/c1-4-16-13-6-5-11(9-15)7-12(13)8-14(16)10(2)3/h5-8,10H,4H2,1-3H3. The third-order valence-electron chi connectivity index (χ3n) is 2.97. The molecule has 0 aliphatic rings. The van der Waals surface area contributed by atoms with Crippen molar-refractivity contribution in [1.29, 1.82) is 5.26 Å². The van der Waals surface area contributed by atoms with Crippen molar-refractivity contribution >= 4 is 10.9 Å². The zero-order valence-corrected chi connectivity index (χ0v) is 9.99. The first-order chi connectivity index (χ1) is 7.67. The Morgan fingerprint density at radius 2 is 2.06 bits per heavy atom. The third kappa shape index (κ3) is 1.59. The summed E-state index contributed by atoms with van der Waals surface area (Å²) >= 11 is 0. The molecular weight excluding hydrogens is 196 g/mol. The van der Waals surface area contributed by atoms with Crippen LogP contribution in [0.1, 0.15) is 37.9 Å². The van der Waals surface area contributed by atoms with E-state index in [2.05, 4.69) is 37.5 Å². The van der Waals surface area contributed by atoms with Crippen LogP contribution in [0.2, 0.25) is 0 Å². The number of rotatable bonds is 2. The van der Waals surface area contributed by atoms with E-state index in [0.717, 1.165) is 12.1 Å². The molecule has 0 aliphatic carbocycles. The molecule has 2 nitrogen and oxygen atoms in total. The van der Waals surface area contributed by atoms with Gasteiger partial charge in [-0.05, 0) is 37.1 Å². The van der Waals surface area contributed by atoms with E-state index in [0.29, 0.717) is 5.92 Å². The Hall–Kier alpha value is -1.75. The van der Waals surface area contributed by atoms with Crippen molar-refractivity contribution < 1.29 is 0 Å². The molecule has 16 heavy (non-hydrogen) atoms. The van der Waals surface area contributed by atoms with Crippen LogP contribution in [0, 0.1) is 11.3 Å². The van der Waals surface area contributed by atoms with Crippen molar-refractivity contribution in [2.75, 3.05) is 0 Å². The lowest BCUT2D eigenvalue weighted by atomic mass is 10.1. The Morgan fingerprint density at radius 3 is 2.62 bits per heavy atom. The van der Waals surface area contributed by atoms with Crippen molar-refractivity contribution in [2.24, 2.45) is 0 Å². The largest absolute Gasteiger partial charge is 0.345 e. The predicted octanol–water partition coefficient (Wildman–Crippen LogP) is 3.66. The second-order valence-corrected chi connectivity index (χ2v) is 4.35. The molecule has 2 heteroatoms. The van der Waals surface area contributed by atoms with Gasteiger partial charge in [0.05, 0.1) is 11.6 Å². The minimum atomic E-state index is 0.512. The monoisotopic (exact) mass is 212 g/mol. The zero-order valence-electron chi connectivity index (χ0n) is 9.99. The molecule has 82 valence electrons. The van der Waals surface area contributed by atoms with Crippen LogP contribution in [0.5, 0.6) is 0 Å². The first-order valence-electron chi connectivity index (χ1n) is 5.70. The van der Waals surface area contributed by atoms with Crippen LogP contribution in [0.4, 0.5) is 0 Å². The van der Waals surface area contributed by atoms with Crippen LogP contribution in [-0.2, 0) is 6.54 Å². The molecule has 0 spiro atoms. The Morgan fingerprint density at radius 1 is 1.31 bits per heavy atom. The number of hydrogen-bond acceptors (Lipinski definition) is 1. The SMILES string of the molecule is CCn1c(C(C)C)cc2cc(C#N)ccc21. The zero-order chi connectivity index (χ0) is 11.7. The normalized spacial score (nSPS) is 10.9. The fourth-order valence-corrected chi connectivity index (χ4v) is 2.19. The number of aryl methyl sites for hydroxylation is 1. The van der Waals surface area contributed by atoms with Gasteiger partial charge in [0.1, 0.15) is 0 Å². The number of nitriles is 1. The van der Waals surface area contributed by atoms with Gasteiger partial charge in [0.2, 0.25) is 0 Å². The summed E-state index contributed by atoms with van der Waals surface area (Å²) in [6.45, 7) is 7.53. The summed E-state index contributed by atoms with van der Waals surface area (Å²) in [5, 5.41) is 10.1. The van der Waals surface area contributed by atoms with Crippen LogP contribution in [0.3, 0.4) is 0 Å². The van der Waals surface area contributed by atoms with Gasteiger partial charge < -0.3 is 4.57 Å². The van der Waals surface area contributed by atoms with Gasteiger partial charge in [-0.25, -0.2) is 0 Å². The summed E-state index contributed by atoms with van der Waals surface area (Å²) in [7, 11) is 0. The number of benzene rings is 1. The molecule has 1 aromatic carbocycles. The lowest BCUT2D eigenvalue weighted by Crippen LogP contribution is -2.01. The van der Waals surface area contributed by atoms with Crippen molar-refractivity contribution in [1.82, 2.24) is 4.57 Å². The second kappa shape index (κ2) is 4.02. The smallest absolute Gasteiger partial charge is 0.0991 e. The molecule has 0 saturated carbocycles. The van der Waals surface area contributed by atoms with Gasteiger partial charge in [-0.1, -0.05) is 13.8 Å².